The first-order valence-electron chi connectivity index (χ1n) is 7.50. The molecular formula is C16H26N2O2. The summed E-state index contributed by atoms with van der Waals surface area (Å²) in [6.07, 6.45) is 5.51. The van der Waals surface area contributed by atoms with E-state index in [1.807, 2.05) is 12.1 Å². The summed E-state index contributed by atoms with van der Waals surface area (Å²) in [5.41, 5.74) is 3.92. The molecule has 4 heteroatoms. The Bertz CT molecular complexity index is 399. The van der Waals surface area contributed by atoms with Gasteiger partial charge in [0, 0.05) is 7.11 Å². The Kier molecular flexibility index (Phi) is 5.40. The van der Waals surface area contributed by atoms with Crippen molar-refractivity contribution in [3.05, 3.63) is 29.8 Å². The Hall–Kier alpha value is -1.10. The van der Waals surface area contributed by atoms with Crippen molar-refractivity contribution in [3.63, 3.8) is 0 Å². The highest BCUT2D eigenvalue weighted by atomic mass is 16.5. The van der Waals surface area contributed by atoms with Crippen LogP contribution in [0.15, 0.2) is 24.3 Å². The Morgan fingerprint density at radius 2 is 1.90 bits per heavy atom. The third kappa shape index (κ3) is 3.14. The number of methoxy groups -OCH3 is 1. The highest BCUT2D eigenvalue weighted by Gasteiger charge is 2.41. The molecule has 0 bridgehead atoms. The maximum absolute atomic E-state index is 5.83. The van der Waals surface area contributed by atoms with Crippen molar-refractivity contribution in [2.45, 2.75) is 50.7 Å². The van der Waals surface area contributed by atoms with E-state index in [1.165, 1.54) is 12.8 Å². The van der Waals surface area contributed by atoms with Gasteiger partial charge in [-0.1, -0.05) is 31.9 Å². The summed E-state index contributed by atoms with van der Waals surface area (Å²) in [4.78, 5) is 0. The van der Waals surface area contributed by atoms with E-state index >= 15 is 0 Å². The molecule has 4 nitrogen and oxygen atoms in total. The molecule has 1 aromatic carbocycles. The third-order valence-electron chi connectivity index (χ3n) is 4.24. The van der Waals surface area contributed by atoms with Crippen LogP contribution >= 0.6 is 0 Å². The molecular weight excluding hydrogens is 252 g/mol. The van der Waals surface area contributed by atoms with Crippen molar-refractivity contribution >= 4 is 0 Å². The van der Waals surface area contributed by atoms with Gasteiger partial charge in [0.15, 0.2) is 0 Å². The number of nitrogens with one attached hydrogen (secondary N) is 1. The second kappa shape index (κ2) is 7.07. The molecule has 0 saturated heterocycles. The lowest BCUT2D eigenvalue weighted by molar-refractivity contribution is -0.0368. The molecule has 0 radical (unpaired) electrons. The molecule has 3 N–H and O–H groups in total. The van der Waals surface area contributed by atoms with Crippen molar-refractivity contribution < 1.29 is 9.47 Å². The zero-order chi connectivity index (χ0) is 14.4. The summed E-state index contributed by atoms with van der Waals surface area (Å²) >= 11 is 0. The Morgan fingerprint density at radius 3 is 2.40 bits per heavy atom. The first-order valence-corrected chi connectivity index (χ1v) is 7.50. The van der Waals surface area contributed by atoms with Crippen LogP contribution in [0.1, 0.15) is 50.6 Å². The van der Waals surface area contributed by atoms with Gasteiger partial charge in [-0.2, -0.15) is 0 Å². The van der Waals surface area contributed by atoms with Crippen LogP contribution in [0.5, 0.6) is 5.75 Å². The molecule has 0 aliphatic heterocycles. The number of hydrogen-bond acceptors (Lipinski definition) is 4. The zero-order valence-corrected chi connectivity index (χ0v) is 12.5. The fraction of sp³-hybridized carbons (Fsp3) is 0.625. The number of ether oxygens (including phenoxy) is 2. The Labute approximate surface area is 121 Å². The standard InChI is InChI=1S/C16H26N2O2/c1-3-12-20-14-8-6-13(7-9-14)15(18-17)16(19-2)10-4-5-11-16/h6-9,15,18H,3-5,10-12,17H2,1-2H3. The van der Waals surface area contributed by atoms with Gasteiger partial charge in [-0.05, 0) is 37.0 Å². The monoisotopic (exact) mass is 278 g/mol. The molecule has 0 aromatic heterocycles. The molecule has 1 unspecified atom stereocenters. The largest absolute Gasteiger partial charge is 0.494 e. The summed E-state index contributed by atoms with van der Waals surface area (Å²) in [7, 11) is 1.79. The first kappa shape index (κ1) is 15.3. The SMILES string of the molecule is CCCOc1ccc(C(NN)C2(OC)CCCC2)cc1. The van der Waals surface area contributed by atoms with Crippen LogP contribution in [-0.2, 0) is 4.74 Å². The highest BCUT2D eigenvalue weighted by molar-refractivity contribution is 5.31. The third-order valence-corrected chi connectivity index (χ3v) is 4.24. The number of rotatable bonds is 7. The van der Waals surface area contributed by atoms with E-state index in [1.54, 1.807) is 7.11 Å². The van der Waals surface area contributed by atoms with Crippen LogP contribution in [0.25, 0.3) is 0 Å². The first-order chi connectivity index (χ1) is 9.75. The quantitative estimate of drug-likeness (QED) is 0.595. The van der Waals surface area contributed by atoms with Gasteiger partial charge in [-0.25, -0.2) is 0 Å². The molecule has 1 aliphatic carbocycles. The summed E-state index contributed by atoms with van der Waals surface area (Å²) in [6, 6.07) is 8.19. The van der Waals surface area contributed by atoms with Crippen LogP contribution < -0.4 is 16.0 Å². The van der Waals surface area contributed by atoms with E-state index in [0.29, 0.717) is 0 Å². The van der Waals surface area contributed by atoms with Crippen LogP contribution in [0, 0.1) is 0 Å². The number of benzene rings is 1. The van der Waals surface area contributed by atoms with Crippen molar-refractivity contribution in [2.75, 3.05) is 13.7 Å². The van der Waals surface area contributed by atoms with E-state index in [2.05, 4.69) is 24.5 Å². The summed E-state index contributed by atoms with van der Waals surface area (Å²) in [5.74, 6) is 6.71. The molecule has 0 amide bonds. The second-order valence-electron chi connectivity index (χ2n) is 5.49. The van der Waals surface area contributed by atoms with Crippen LogP contribution in [0.3, 0.4) is 0 Å². The molecule has 20 heavy (non-hydrogen) atoms. The molecule has 1 aliphatic rings. The van der Waals surface area contributed by atoms with Crippen molar-refractivity contribution in [1.82, 2.24) is 5.43 Å². The van der Waals surface area contributed by atoms with E-state index < -0.39 is 0 Å². The molecule has 1 aromatic rings. The van der Waals surface area contributed by atoms with Crippen molar-refractivity contribution in [3.8, 4) is 5.75 Å². The molecule has 1 atom stereocenters. The predicted octanol–water partition coefficient (Wildman–Crippen LogP) is 2.94. The highest BCUT2D eigenvalue weighted by Crippen LogP contribution is 2.42. The van der Waals surface area contributed by atoms with Gasteiger partial charge in [0.1, 0.15) is 5.75 Å². The molecule has 1 fully saturated rings. The van der Waals surface area contributed by atoms with Crippen LogP contribution in [0.4, 0.5) is 0 Å². The fourth-order valence-electron chi connectivity index (χ4n) is 3.11. The van der Waals surface area contributed by atoms with Gasteiger partial charge in [0.2, 0.25) is 0 Å². The molecule has 112 valence electrons. The minimum absolute atomic E-state index is 0.0234. The molecule has 0 spiro atoms. The lowest BCUT2D eigenvalue weighted by Gasteiger charge is -2.36. The van der Waals surface area contributed by atoms with Gasteiger partial charge in [0.05, 0.1) is 18.2 Å². The van der Waals surface area contributed by atoms with Gasteiger partial charge in [-0.15, -0.1) is 0 Å². The predicted molar refractivity (Wildman–Crippen MR) is 80.5 cm³/mol. The Morgan fingerprint density at radius 1 is 1.25 bits per heavy atom. The molecule has 2 rings (SSSR count). The molecule has 1 saturated carbocycles. The van der Waals surface area contributed by atoms with Gasteiger partial charge >= 0.3 is 0 Å². The zero-order valence-electron chi connectivity index (χ0n) is 12.5. The van der Waals surface area contributed by atoms with Crippen molar-refractivity contribution in [2.24, 2.45) is 5.84 Å². The second-order valence-corrected chi connectivity index (χ2v) is 5.49. The topological polar surface area (TPSA) is 56.5 Å². The van der Waals surface area contributed by atoms with Gasteiger partial charge in [-0.3, -0.25) is 11.3 Å². The van der Waals surface area contributed by atoms with Gasteiger partial charge in [0.25, 0.3) is 0 Å². The minimum Gasteiger partial charge on any atom is -0.494 e. The summed E-state index contributed by atoms with van der Waals surface area (Å²) < 4.78 is 11.4. The normalized spacial score (nSPS) is 18.9. The van der Waals surface area contributed by atoms with E-state index in [9.17, 15) is 0 Å². The van der Waals surface area contributed by atoms with Crippen LogP contribution in [-0.4, -0.2) is 19.3 Å². The van der Waals surface area contributed by atoms with Crippen LogP contribution in [0.2, 0.25) is 0 Å². The Balaban J connectivity index is 2.14. The lowest BCUT2D eigenvalue weighted by atomic mass is 9.87. The van der Waals surface area contributed by atoms with E-state index in [-0.39, 0.29) is 11.6 Å². The maximum atomic E-state index is 5.83. The van der Waals surface area contributed by atoms with Crippen molar-refractivity contribution in [1.29, 1.82) is 0 Å². The molecule has 0 heterocycles. The van der Waals surface area contributed by atoms with Gasteiger partial charge < -0.3 is 9.47 Å². The number of nitrogens with two attached hydrogens (primary N) is 1. The minimum atomic E-state index is -0.180. The lowest BCUT2D eigenvalue weighted by Crippen LogP contribution is -2.46. The number of hydrogen-bond donors (Lipinski definition) is 2. The van der Waals surface area contributed by atoms with E-state index in [4.69, 9.17) is 15.3 Å². The fourth-order valence-corrected chi connectivity index (χ4v) is 3.11. The summed E-state index contributed by atoms with van der Waals surface area (Å²) in [6.45, 7) is 2.85. The maximum Gasteiger partial charge on any atom is 0.119 e. The number of hydrazine groups is 1. The average molecular weight is 278 g/mol. The summed E-state index contributed by atoms with van der Waals surface area (Å²) in [5, 5.41) is 0. The van der Waals surface area contributed by atoms with E-state index in [0.717, 1.165) is 37.2 Å². The smallest absolute Gasteiger partial charge is 0.119 e. The average Bonchev–Trinajstić information content (AvgIpc) is 2.97.